The summed E-state index contributed by atoms with van der Waals surface area (Å²) in [4.78, 5) is 0. The first-order valence-corrected chi connectivity index (χ1v) is 9.95. The Morgan fingerprint density at radius 1 is 1.12 bits per heavy atom. The van der Waals surface area contributed by atoms with Crippen molar-refractivity contribution in [1.82, 2.24) is 5.01 Å². The molecule has 1 aromatic carbocycles. The summed E-state index contributed by atoms with van der Waals surface area (Å²) < 4.78 is 13.2. The minimum absolute atomic E-state index is 0.0337. The van der Waals surface area contributed by atoms with Crippen LogP contribution in [0.1, 0.15) is 55.9 Å². The zero-order chi connectivity index (χ0) is 16.8. The number of furan rings is 1. The van der Waals surface area contributed by atoms with E-state index in [1.54, 1.807) is 6.26 Å². The number of ether oxygens (including phenoxy) is 1. The Morgan fingerprint density at radius 2 is 2.00 bits per heavy atom. The smallest absolute Gasteiger partial charge is 0.190 e. The Morgan fingerprint density at radius 3 is 2.80 bits per heavy atom. The molecule has 2 atom stereocenters. The molecule has 1 aliphatic carbocycles. The van der Waals surface area contributed by atoms with Crippen molar-refractivity contribution in [3.63, 3.8) is 0 Å². The maximum absolute atomic E-state index is 6.47. The van der Waals surface area contributed by atoms with Crippen molar-refractivity contribution in [3.05, 3.63) is 52.4 Å². The third-order valence-corrected chi connectivity index (χ3v) is 6.13. The van der Waals surface area contributed by atoms with E-state index in [0.29, 0.717) is 5.92 Å². The molecule has 1 saturated carbocycles. The molecule has 130 valence electrons. The average Bonchev–Trinajstić information content (AvgIpc) is 3.31. The Bertz CT molecular complexity index is 796. The number of hydrazone groups is 1. The minimum atomic E-state index is 0.0337. The summed E-state index contributed by atoms with van der Waals surface area (Å²) in [5.41, 5.74) is 2.24. The van der Waals surface area contributed by atoms with E-state index in [4.69, 9.17) is 14.3 Å². The van der Waals surface area contributed by atoms with Crippen LogP contribution in [0.2, 0.25) is 0 Å². The molecule has 0 spiro atoms. The van der Waals surface area contributed by atoms with E-state index in [9.17, 15) is 0 Å². The quantitative estimate of drug-likeness (QED) is 0.668. The van der Waals surface area contributed by atoms with E-state index in [-0.39, 0.29) is 12.3 Å². The molecule has 25 heavy (non-hydrogen) atoms. The fourth-order valence-corrected chi connectivity index (χ4v) is 4.79. The predicted molar refractivity (Wildman–Crippen MR) is 99.6 cm³/mol. The molecule has 0 bridgehead atoms. The van der Waals surface area contributed by atoms with Crippen molar-refractivity contribution >= 4 is 21.6 Å². The van der Waals surface area contributed by atoms with Gasteiger partial charge in [-0.05, 0) is 43.2 Å². The van der Waals surface area contributed by atoms with Gasteiger partial charge in [-0.15, -0.1) is 0 Å². The second-order valence-electron chi connectivity index (χ2n) is 7.21. The lowest BCUT2D eigenvalue weighted by atomic mass is 9.86. The second kappa shape index (κ2) is 6.20. The fourth-order valence-electron chi connectivity index (χ4n) is 4.41. The first-order valence-electron chi connectivity index (χ1n) is 9.15. The Labute approximate surface area is 156 Å². The van der Waals surface area contributed by atoms with Gasteiger partial charge in [0.25, 0.3) is 0 Å². The SMILES string of the molecule is Brc1ccc2c(c1)[C@H]1CC(c3ccco3)=NN1[C@H](C1CCCCC1)O2. The second-order valence-corrected chi connectivity index (χ2v) is 8.13. The van der Waals surface area contributed by atoms with Gasteiger partial charge in [-0.1, -0.05) is 35.2 Å². The summed E-state index contributed by atoms with van der Waals surface area (Å²) in [5, 5.41) is 7.16. The van der Waals surface area contributed by atoms with Gasteiger partial charge in [0, 0.05) is 22.4 Å². The first-order chi connectivity index (χ1) is 12.3. The molecule has 1 aromatic heterocycles. The summed E-state index contributed by atoms with van der Waals surface area (Å²) >= 11 is 3.60. The van der Waals surface area contributed by atoms with E-state index in [0.717, 1.165) is 28.1 Å². The average molecular weight is 401 g/mol. The number of hydrogen-bond acceptors (Lipinski definition) is 4. The van der Waals surface area contributed by atoms with Crippen LogP contribution in [0.3, 0.4) is 0 Å². The molecule has 0 radical (unpaired) electrons. The van der Waals surface area contributed by atoms with Crippen LogP contribution >= 0.6 is 15.9 Å². The highest BCUT2D eigenvalue weighted by Gasteiger charge is 2.44. The lowest BCUT2D eigenvalue weighted by Crippen LogP contribution is -2.45. The zero-order valence-electron chi connectivity index (χ0n) is 14.0. The minimum Gasteiger partial charge on any atom is -0.468 e. The van der Waals surface area contributed by atoms with Crippen LogP contribution in [-0.4, -0.2) is 16.9 Å². The maximum Gasteiger partial charge on any atom is 0.190 e. The molecule has 1 fully saturated rings. The lowest BCUT2D eigenvalue weighted by Gasteiger charge is -2.42. The van der Waals surface area contributed by atoms with E-state index in [1.807, 2.05) is 12.1 Å². The fraction of sp³-hybridized carbons (Fsp3) is 0.450. The van der Waals surface area contributed by atoms with Crippen LogP contribution in [-0.2, 0) is 0 Å². The van der Waals surface area contributed by atoms with Gasteiger partial charge >= 0.3 is 0 Å². The maximum atomic E-state index is 6.47. The number of halogens is 1. The molecule has 0 saturated heterocycles. The van der Waals surface area contributed by atoms with Crippen molar-refractivity contribution in [2.75, 3.05) is 0 Å². The molecule has 5 heteroatoms. The lowest BCUT2D eigenvalue weighted by molar-refractivity contribution is -0.0644. The summed E-state index contributed by atoms with van der Waals surface area (Å²) in [6.45, 7) is 0. The number of nitrogens with zero attached hydrogens (tertiary/aromatic N) is 2. The molecule has 4 nitrogen and oxygen atoms in total. The van der Waals surface area contributed by atoms with Gasteiger partial charge in [-0.25, -0.2) is 5.01 Å². The van der Waals surface area contributed by atoms with E-state index in [2.05, 4.69) is 39.1 Å². The normalized spacial score (nSPS) is 26.0. The highest BCUT2D eigenvalue weighted by molar-refractivity contribution is 9.10. The number of rotatable bonds is 2. The monoisotopic (exact) mass is 400 g/mol. The third-order valence-electron chi connectivity index (χ3n) is 5.64. The predicted octanol–water partition coefficient (Wildman–Crippen LogP) is 5.49. The Hall–Kier alpha value is -1.75. The van der Waals surface area contributed by atoms with Crippen molar-refractivity contribution in [2.45, 2.75) is 50.8 Å². The topological polar surface area (TPSA) is 38.0 Å². The van der Waals surface area contributed by atoms with Gasteiger partial charge in [0.15, 0.2) is 6.23 Å². The highest BCUT2D eigenvalue weighted by atomic mass is 79.9. The molecule has 3 heterocycles. The molecule has 3 aliphatic rings. The summed E-state index contributed by atoms with van der Waals surface area (Å²) in [6.07, 6.45) is 9.01. The van der Waals surface area contributed by atoms with Crippen LogP contribution in [0.5, 0.6) is 5.75 Å². The zero-order valence-corrected chi connectivity index (χ0v) is 15.6. The van der Waals surface area contributed by atoms with Crippen molar-refractivity contribution < 1.29 is 9.15 Å². The van der Waals surface area contributed by atoms with Gasteiger partial charge in [0.05, 0.1) is 12.3 Å². The van der Waals surface area contributed by atoms with E-state index < -0.39 is 0 Å². The molecule has 2 aliphatic heterocycles. The highest BCUT2D eigenvalue weighted by Crippen LogP contribution is 2.47. The van der Waals surface area contributed by atoms with Crippen LogP contribution in [0.25, 0.3) is 0 Å². The summed E-state index contributed by atoms with van der Waals surface area (Å²) in [6, 6.07) is 10.5. The van der Waals surface area contributed by atoms with Gasteiger partial charge in [-0.3, -0.25) is 0 Å². The van der Waals surface area contributed by atoms with Crippen LogP contribution in [0, 0.1) is 5.92 Å². The summed E-state index contributed by atoms with van der Waals surface area (Å²) in [5.74, 6) is 2.43. The molecule has 0 unspecified atom stereocenters. The summed E-state index contributed by atoms with van der Waals surface area (Å²) in [7, 11) is 0. The van der Waals surface area contributed by atoms with Gasteiger partial charge in [-0.2, -0.15) is 5.10 Å². The molecule has 0 amide bonds. The molecule has 5 rings (SSSR count). The number of benzene rings is 1. The Balaban J connectivity index is 1.55. The van der Waals surface area contributed by atoms with Gasteiger partial charge < -0.3 is 9.15 Å². The van der Waals surface area contributed by atoms with Crippen molar-refractivity contribution in [3.8, 4) is 5.75 Å². The Kier molecular flexibility index (Phi) is 3.85. The molecular weight excluding hydrogens is 380 g/mol. The van der Waals surface area contributed by atoms with E-state index in [1.165, 1.54) is 37.7 Å². The largest absolute Gasteiger partial charge is 0.468 e. The standard InChI is InChI=1S/C20H21BrN2O2/c21-14-8-9-18-15(11-14)17-12-16(19-7-4-10-24-19)22-23(17)20(25-18)13-5-2-1-3-6-13/h4,7-11,13,17,20H,1-3,5-6,12H2/t17-,20+/m1/s1. The molecule has 0 N–H and O–H groups in total. The first kappa shape index (κ1) is 15.5. The van der Waals surface area contributed by atoms with Crippen molar-refractivity contribution in [2.24, 2.45) is 11.0 Å². The molecular formula is C20H21BrN2O2. The molecule has 2 aromatic rings. The number of hydrogen-bond donors (Lipinski definition) is 0. The van der Waals surface area contributed by atoms with Crippen LogP contribution in [0.4, 0.5) is 0 Å². The van der Waals surface area contributed by atoms with Gasteiger partial charge in [0.1, 0.15) is 17.2 Å². The third kappa shape index (κ3) is 2.69. The number of fused-ring (bicyclic) bond motifs is 3. The van der Waals surface area contributed by atoms with Crippen LogP contribution in [0.15, 0.2) is 50.6 Å². The van der Waals surface area contributed by atoms with Gasteiger partial charge in [0.2, 0.25) is 0 Å². The van der Waals surface area contributed by atoms with Crippen molar-refractivity contribution in [1.29, 1.82) is 0 Å². The van der Waals surface area contributed by atoms with Crippen LogP contribution < -0.4 is 4.74 Å². The van der Waals surface area contributed by atoms with E-state index >= 15 is 0 Å².